The topological polar surface area (TPSA) is 54.9 Å². The number of benzene rings is 2. The highest BCUT2D eigenvalue weighted by Crippen LogP contribution is 2.30. The molecule has 1 unspecified atom stereocenters. The number of ketones is 1. The Labute approximate surface area is 165 Å². The molecule has 2 aromatic carbocycles. The zero-order chi connectivity index (χ0) is 20.4. The molecular formula is C22H18F3N3O. The van der Waals surface area contributed by atoms with Crippen molar-refractivity contribution in [1.29, 1.82) is 0 Å². The molecule has 29 heavy (non-hydrogen) atoms. The van der Waals surface area contributed by atoms with E-state index in [4.69, 9.17) is 0 Å². The van der Waals surface area contributed by atoms with Crippen LogP contribution in [0.1, 0.15) is 50.8 Å². The van der Waals surface area contributed by atoms with E-state index >= 15 is 0 Å². The number of nitrogens with zero attached hydrogens (tertiary/aromatic N) is 2. The quantitative estimate of drug-likeness (QED) is 0.644. The summed E-state index contributed by atoms with van der Waals surface area (Å²) in [5.74, 6) is -0.407. The predicted octanol–water partition coefficient (Wildman–Crippen LogP) is 4.50. The molecule has 4 nitrogen and oxygen atoms in total. The van der Waals surface area contributed by atoms with Gasteiger partial charge in [0.15, 0.2) is 0 Å². The van der Waals surface area contributed by atoms with Gasteiger partial charge >= 0.3 is 6.18 Å². The summed E-state index contributed by atoms with van der Waals surface area (Å²) in [4.78, 5) is 21.0. The Balaban J connectivity index is 1.52. The number of rotatable bonds is 5. The van der Waals surface area contributed by atoms with E-state index < -0.39 is 17.5 Å². The monoisotopic (exact) mass is 397 g/mol. The number of aryl methyl sites for hydroxylation is 1. The normalized spacial score (nSPS) is 15.9. The van der Waals surface area contributed by atoms with Gasteiger partial charge in [0.2, 0.25) is 5.78 Å². The van der Waals surface area contributed by atoms with E-state index in [1.165, 1.54) is 29.6 Å². The maximum Gasteiger partial charge on any atom is 0.416 e. The fraction of sp³-hybridized carbons (Fsp3) is 0.227. The molecule has 0 bridgehead atoms. The Hall–Kier alpha value is -3.06. The Morgan fingerprint density at radius 1 is 1.10 bits per heavy atom. The number of nitrogens with one attached hydrogen (secondary N) is 1. The summed E-state index contributed by atoms with van der Waals surface area (Å²) in [5.41, 5.74) is 2.81. The smallest absolute Gasteiger partial charge is 0.306 e. The zero-order valence-corrected chi connectivity index (χ0v) is 15.4. The van der Waals surface area contributed by atoms with Gasteiger partial charge in [-0.15, -0.1) is 0 Å². The van der Waals surface area contributed by atoms with Gasteiger partial charge in [0.1, 0.15) is 12.0 Å². The van der Waals surface area contributed by atoms with Crippen LogP contribution in [-0.2, 0) is 19.1 Å². The summed E-state index contributed by atoms with van der Waals surface area (Å²) in [7, 11) is 0. The molecule has 0 aliphatic carbocycles. The van der Waals surface area contributed by atoms with E-state index in [0.29, 0.717) is 12.0 Å². The van der Waals surface area contributed by atoms with Crippen LogP contribution in [0.15, 0.2) is 61.1 Å². The third-order valence-corrected chi connectivity index (χ3v) is 5.15. The maximum atomic E-state index is 12.8. The average Bonchev–Trinajstić information content (AvgIpc) is 3.14. The van der Waals surface area contributed by atoms with Crippen LogP contribution in [-0.4, -0.2) is 15.8 Å². The largest absolute Gasteiger partial charge is 0.416 e. The van der Waals surface area contributed by atoms with Crippen molar-refractivity contribution in [3.8, 4) is 0 Å². The molecule has 1 aliphatic heterocycles. The lowest BCUT2D eigenvalue weighted by Gasteiger charge is -2.13. The van der Waals surface area contributed by atoms with Gasteiger partial charge in [-0.2, -0.15) is 13.2 Å². The third kappa shape index (κ3) is 4.05. The number of hydrogen-bond donors (Lipinski definition) is 1. The number of aromatic nitrogens is 2. The van der Waals surface area contributed by atoms with Gasteiger partial charge in [-0.05, 0) is 36.1 Å². The standard InChI is InChI=1S/C22H18F3N3O/c23-22(24,25)17-8-5-14(6-9-17)21(29)20-16(11-26-13-28-20)7-10-19-18-4-2-1-3-15(18)12-27-19/h1-6,8-9,11,13,19,27H,7,10,12H2. The first-order chi connectivity index (χ1) is 13.9. The van der Waals surface area contributed by atoms with Gasteiger partial charge in [-0.1, -0.05) is 36.4 Å². The second-order valence-corrected chi connectivity index (χ2v) is 6.97. The zero-order valence-electron chi connectivity index (χ0n) is 15.4. The highest BCUT2D eigenvalue weighted by molar-refractivity contribution is 6.08. The molecule has 1 aromatic heterocycles. The van der Waals surface area contributed by atoms with Crippen molar-refractivity contribution in [2.45, 2.75) is 31.6 Å². The van der Waals surface area contributed by atoms with Crippen LogP contribution < -0.4 is 5.32 Å². The summed E-state index contributed by atoms with van der Waals surface area (Å²) in [6.45, 7) is 0.809. The van der Waals surface area contributed by atoms with Crippen molar-refractivity contribution in [3.63, 3.8) is 0 Å². The molecule has 1 aliphatic rings. The SMILES string of the molecule is O=C(c1ccc(C(F)(F)F)cc1)c1ncncc1CCC1NCc2ccccc21. The Kier molecular flexibility index (Phi) is 5.15. The lowest BCUT2D eigenvalue weighted by Crippen LogP contribution is -2.15. The fourth-order valence-corrected chi connectivity index (χ4v) is 3.63. The summed E-state index contributed by atoms with van der Waals surface area (Å²) >= 11 is 0. The Morgan fingerprint density at radius 2 is 1.86 bits per heavy atom. The number of fused-ring (bicyclic) bond motifs is 1. The first-order valence-corrected chi connectivity index (χ1v) is 9.25. The van der Waals surface area contributed by atoms with Crippen molar-refractivity contribution in [2.24, 2.45) is 0 Å². The molecule has 1 N–H and O–H groups in total. The number of hydrogen-bond acceptors (Lipinski definition) is 4. The van der Waals surface area contributed by atoms with Gasteiger partial charge in [0, 0.05) is 29.9 Å². The molecule has 0 fully saturated rings. The van der Waals surface area contributed by atoms with Gasteiger partial charge in [-0.25, -0.2) is 9.97 Å². The van der Waals surface area contributed by atoms with Gasteiger partial charge < -0.3 is 5.32 Å². The maximum absolute atomic E-state index is 12.8. The molecule has 148 valence electrons. The van der Waals surface area contributed by atoms with Crippen molar-refractivity contribution < 1.29 is 18.0 Å². The number of alkyl halides is 3. The third-order valence-electron chi connectivity index (χ3n) is 5.15. The van der Waals surface area contributed by atoms with E-state index in [2.05, 4.69) is 27.4 Å². The summed E-state index contributed by atoms with van der Waals surface area (Å²) in [6.07, 6.45) is -0.215. The van der Waals surface area contributed by atoms with E-state index in [-0.39, 0.29) is 17.3 Å². The number of carbonyl (C=O) groups excluding carboxylic acids is 1. The van der Waals surface area contributed by atoms with Crippen LogP contribution in [0.3, 0.4) is 0 Å². The molecule has 1 atom stereocenters. The molecule has 7 heteroatoms. The Morgan fingerprint density at radius 3 is 2.62 bits per heavy atom. The molecule has 2 heterocycles. The van der Waals surface area contributed by atoms with Crippen LogP contribution in [0.5, 0.6) is 0 Å². The van der Waals surface area contributed by atoms with E-state index in [1.54, 1.807) is 6.20 Å². The fourth-order valence-electron chi connectivity index (χ4n) is 3.63. The molecule has 3 aromatic rings. The Bertz CT molecular complexity index is 1030. The van der Waals surface area contributed by atoms with E-state index in [1.807, 2.05) is 12.1 Å². The molecular weight excluding hydrogens is 379 g/mol. The molecule has 0 saturated heterocycles. The van der Waals surface area contributed by atoms with Gasteiger partial charge in [0.25, 0.3) is 0 Å². The first-order valence-electron chi connectivity index (χ1n) is 9.25. The first kappa shape index (κ1) is 19.3. The minimum absolute atomic E-state index is 0.169. The summed E-state index contributed by atoms with van der Waals surface area (Å²) in [6, 6.07) is 12.6. The number of carbonyl (C=O) groups is 1. The predicted molar refractivity (Wildman–Crippen MR) is 101 cm³/mol. The lowest BCUT2D eigenvalue weighted by atomic mass is 9.96. The van der Waals surface area contributed by atoms with Crippen LogP contribution in [0.25, 0.3) is 0 Å². The number of halogens is 3. The molecule has 0 radical (unpaired) electrons. The molecule has 0 spiro atoms. The van der Waals surface area contributed by atoms with Crippen molar-refractivity contribution in [3.05, 3.63) is 94.6 Å². The van der Waals surface area contributed by atoms with Gasteiger partial charge in [-0.3, -0.25) is 4.79 Å². The van der Waals surface area contributed by atoms with Crippen molar-refractivity contribution in [1.82, 2.24) is 15.3 Å². The van der Waals surface area contributed by atoms with Crippen molar-refractivity contribution in [2.75, 3.05) is 0 Å². The second-order valence-electron chi connectivity index (χ2n) is 6.97. The van der Waals surface area contributed by atoms with Crippen molar-refractivity contribution >= 4 is 5.78 Å². The lowest BCUT2D eigenvalue weighted by molar-refractivity contribution is -0.137. The summed E-state index contributed by atoms with van der Waals surface area (Å²) < 4.78 is 38.3. The van der Waals surface area contributed by atoms with Crippen LogP contribution >= 0.6 is 0 Å². The van der Waals surface area contributed by atoms with E-state index in [9.17, 15) is 18.0 Å². The van der Waals surface area contributed by atoms with Crippen LogP contribution in [0, 0.1) is 0 Å². The summed E-state index contributed by atoms with van der Waals surface area (Å²) in [5, 5.41) is 3.46. The molecule has 4 rings (SSSR count). The second kappa shape index (κ2) is 7.75. The van der Waals surface area contributed by atoms with Crippen LogP contribution in [0.2, 0.25) is 0 Å². The molecule has 0 amide bonds. The van der Waals surface area contributed by atoms with Gasteiger partial charge in [0.05, 0.1) is 5.56 Å². The minimum atomic E-state index is -4.44. The highest BCUT2D eigenvalue weighted by Gasteiger charge is 2.30. The average molecular weight is 397 g/mol. The minimum Gasteiger partial charge on any atom is -0.306 e. The highest BCUT2D eigenvalue weighted by atomic mass is 19.4. The molecule has 0 saturated carbocycles. The van der Waals surface area contributed by atoms with E-state index in [0.717, 1.165) is 25.1 Å². The van der Waals surface area contributed by atoms with Crippen LogP contribution in [0.4, 0.5) is 13.2 Å².